The first-order valence-corrected chi connectivity index (χ1v) is 13.3. The standard InChI is InChI=1S/C31H38/c1-2-10-28-26(9-1)17-15-25-8-4-6-23-13-11-22(12-14-23)5-3-7-24-16-18-27-21-31(28)30(20-25)29(27)19-24/h1-2,9-10,16,18-19,21-23,25,30H,3-8,11-15,17,20H2. The molecule has 2 atom stereocenters. The van der Waals surface area contributed by atoms with Crippen molar-refractivity contribution in [1.29, 1.82) is 0 Å². The summed E-state index contributed by atoms with van der Waals surface area (Å²) < 4.78 is 0. The van der Waals surface area contributed by atoms with E-state index in [9.17, 15) is 0 Å². The Bertz CT molecular complexity index is 956. The van der Waals surface area contributed by atoms with Crippen molar-refractivity contribution in [3.63, 3.8) is 0 Å². The molecule has 0 N–H and O–H groups in total. The Morgan fingerprint density at radius 2 is 1.42 bits per heavy atom. The second-order valence-electron chi connectivity index (χ2n) is 11.1. The van der Waals surface area contributed by atoms with Gasteiger partial charge in [0.25, 0.3) is 0 Å². The molecule has 0 radical (unpaired) electrons. The van der Waals surface area contributed by atoms with Crippen LogP contribution < -0.4 is 0 Å². The molecule has 1 fully saturated rings. The molecule has 0 spiro atoms. The lowest BCUT2D eigenvalue weighted by Gasteiger charge is -2.31. The third kappa shape index (κ3) is 4.04. The van der Waals surface area contributed by atoms with E-state index in [1.165, 1.54) is 94.6 Å². The van der Waals surface area contributed by atoms with E-state index in [2.05, 4.69) is 48.5 Å². The Labute approximate surface area is 189 Å². The molecule has 6 bridgehead atoms. The van der Waals surface area contributed by atoms with Crippen LogP contribution in [0.25, 0.3) is 11.6 Å². The number of hydrogen-bond acceptors (Lipinski definition) is 0. The molecule has 31 heavy (non-hydrogen) atoms. The molecule has 0 nitrogen and oxygen atoms in total. The highest BCUT2D eigenvalue weighted by molar-refractivity contribution is 5.92. The molecule has 2 aromatic carbocycles. The molecule has 5 aliphatic carbocycles. The zero-order valence-corrected chi connectivity index (χ0v) is 19.1. The average Bonchev–Trinajstić information content (AvgIpc) is 3.13. The topological polar surface area (TPSA) is 0 Å². The fourth-order valence-corrected chi connectivity index (χ4v) is 7.36. The van der Waals surface area contributed by atoms with Crippen molar-refractivity contribution in [3.05, 3.63) is 70.3 Å². The van der Waals surface area contributed by atoms with Crippen molar-refractivity contribution in [3.8, 4) is 0 Å². The van der Waals surface area contributed by atoms with Crippen LogP contribution in [0.2, 0.25) is 0 Å². The van der Waals surface area contributed by atoms with Crippen molar-refractivity contribution < 1.29 is 0 Å². The van der Waals surface area contributed by atoms with Crippen LogP contribution in [0.4, 0.5) is 0 Å². The smallest absolute Gasteiger partial charge is 0.0104 e. The van der Waals surface area contributed by atoms with Crippen molar-refractivity contribution >= 4 is 11.6 Å². The predicted molar refractivity (Wildman–Crippen MR) is 132 cm³/mol. The normalized spacial score (nSPS) is 30.4. The first kappa shape index (κ1) is 19.8. The van der Waals surface area contributed by atoms with Gasteiger partial charge in [0, 0.05) is 5.92 Å². The maximum absolute atomic E-state index is 2.60. The molecule has 5 aliphatic rings. The quantitative estimate of drug-likeness (QED) is 0.408. The summed E-state index contributed by atoms with van der Waals surface area (Å²) in [6, 6.07) is 16.8. The monoisotopic (exact) mass is 410 g/mol. The van der Waals surface area contributed by atoms with Crippen molar-refractivity contribution in [2.45, 2.75) is 89.4 Å². The fraction of sp³-hybridized carbons (Fsp3) is 0.548. The van der Waals surface area contributed by atoms with Gasteiger partial charge in [-0.2, -0.15) is 0 Å². The number of hydrogen-bond donors (Lipinski definition) is 0. The molecule has 0 heterocycles. The maximum atomic E-state index is 2.60. The Balaban J connectivity index is 1.36. The Morgan fingerprint density at radius 1 is 0.645 bits per heavy atom. The molecular formula is C31H38. The van der Waals surface area contributed by atoms with Crippen LogP contribution in [0.15, 0.2) is 42.5 Å². The van der Waals surface area contributed by atoms with Crippen molar-refractivity contribution in [2.75, 3.05) is 0 Å². The summed E-state index contributed by atoms with van der Waals surface area (Å²) in [6.45, 7) is 0. The summed E-state index contributed by atoms with van der Waals surface area (Å²) in [4.78, 5) is 0. The predicted octanol–water partition coefficient (Wildman–Crippen LogP) is 8.59. The third-order valence-corrected chi connectivity index (χ3v) is 9.20. The van der Waals surface area contributed by atoms with Gasteiger partial charge in [0.2, 0.25) is 0 Å². The average molecular weight is 411 g/mol. The lowest BCUT2D eigenvalue weighted by molar-refractivity contribution is 0.240. The maximum Gasteiger partial charge on any atom is 0.0104 e. The summed E-state index contributed by atoms with van der Waals surface area (Å²) in [5, 5.41) is 0. The van der Waals surface area contributed by atoms with E-state index in [0.29, 0.717) is 5.92 Å². The molecule has 2 aromatic rings. The highest BCUT2D eigenvalue weighted by atomic mass is 14.4. The van der Waals surface area contributed by atoms with Crippen LogP contribution in [0, 0.1) is 17.8 Å². The van der Waals surface area contributed by atoms with E-state index in [4.69, 9.17) is 0 Å². The first-order valence-electron chi connectivity index (χ1n) is 13.3. The summed E-state index contributed by atoms with van der Waals surface area (Å²) in [7, 11) is 0. The van der Waals surface area contributed by atoms with E-state index >= 15 is 0 Å². The lowest BCUT2D eigenvalue weighted by atomic mass is 9.74. The minimum Gasteiger partial charge on any atom is -0.0620 e. The first-order chi connectivity index (χ1) is 15.3. The third-order valence-electron chi connectivity index (χ3n) is 9.20. The molecule has 7 rings (SSSR count). The molecule has 0 aromatic heterocycles. The van der Waals surface area contributed by atoms with Gasteiger partial charge in [-0.05, 0) is 83.2 Å². The molecule has 162 valence electrons. The SMILES string of the molecule is C1=C2c3ccccc3CCC3CCCC4CCC(CCCc5ccc1c(c5)C2C3)CC4. The summed E-state index contributed by atoms with van der Waals surface area (Å²) >= 11 is 0. The van der Waals surface area contributed by atoms with Gasteiger partial charge in [-0.15, -0.1) is 0 Å². The van der Waals surface area contributed by atoms with Crippen LogP contribution in [0.5, 0.6) is 0 Å². The number of aryl methyl sites for hydroxylation is 2. The van der Waals surface area contributed by atoms with Crippen LogP contribution in [0.1, 0.15) is 104 Å². The molecule has 0 aliphatic heterocycles. The van der Waals surface area contributed by atoms with Gasteiger partial charge in [0.15, 0.2) is 0 Å². The number of benzene rings is 2. The van der Waals surface area contributed by atoms with Gasteiger partial charge in [0.1, 0.15) is 0 Å². The number of rotatable bonds is 0. The van der Waals surface area contributed by atoms with E-state index in [0.717, 1.165) is 17.8 Å². The van der Waals surface area contributed by atoms with Crippen molar-refractivity contribution in [2.24, 2.45) is 17.8 Å². The second kappa shape index (κ2) is 8.61. The summed E-state index contributed by atoms with van der Waals surface area (Å²) in [5.41, 5.74) is 9.47. The van der Waals surface area contributed by atoms with Gasteiger partial charge in [-0.3, -0.25) is 0 Å². The zero-order valence-electron chi connectivity index (χ0n) is 19.1. The van der Waals surface area contributed by atoms with Gasteiger partial charge in [-0.1, -0.05) is 99.9 Å². The molecule has 0 heteroatoms. The van der Waals surface area contributed by atoms with E-state index in [1.807, 2.05) is 0 Å². The zero-order chi connectivity index (χ0) is 20.6. The van der Waals surface area contributed by atoms with Crippen LogP contribution >= 0.6 is 0 Å². The van der Waals surface area contributed by atoms with E-state index in [1.54, 1.807) is 22.3 Å². The molecule has 1 saturated carbocycles. The summed E-state index contributed by atoms with van der Waals surface area (Å²) in [5.74, 6) is 3.53. The number of fused-ring (bicyclic) bond motifs is 8. The minimum absolute atomic E-state index is 0.616. The number of allylic oxidation sites excluding steroid dienone is 1. The van der Waals surface area contributed by atoms with Crippen molar-refractivity contribution in [1.82, 2.24) is 0 Å². The largest absolute Gasteiger partial charge is 0.0620 e. The minimum atomic E-state index is 0.616. The lowest BCUT2D eigenvalue weighted by Crippen LogP contribution is -2.17. The van der Waals surface area contributed by atoms with Gasteiger partial charge in [0.05, 0.1) is 0 Å². The molecule has 0 saturated heterocycles. The Morgan fingerprint density at radius 3 is 2.29 bits per heavy atom. The highest BCUT2D eigenvalue weighted by Gasteiger charge is 2.32. The Kier molecular flexibility index (Phi) is 5.51. The molecular weight excluding hydrogens is 372 g/mol. The van der Waals surface area contributed by atoms with E-state index in [-0.39, 0.29) is 0 Å². The van der Waals surface area contributed by atoms with Crippen LogP contribution in [-0.4, -0.2) is 0 Å². The van der Waals surface area contributed by atoms with Gasteiger partial charge >= 0.3 is 0 Å². The van der Waals surface area contributed by atoms with Crippen LogP contribution in [0.3, 0.4) is 0 Å². The second-order valence-corrected chi connectivity index (χ2v) is 11.1. The molecule has 0 amide bonds. The van der Waals surface area contributed by atoms with Gasteiger partial charge in [-0.25, -0.2) is 0 Å². The van der Waals surface area contributed by atoms with Gasteiger partial charge < -0.3 is 0 Å². The van der Waals surface area contributed by atoms with E-state index < -0.39 is 0 Å². The van der Waals surface area contributed by atoms with Crippen LogP contribution in [-0.2, 0) is 12.8 Å². The summed E-state index contributed by atoms with van der Waals surface area (Å²) in [6.07, 6.45) is 21.1. The highest BCUT2D eigenvalue weighted by Crippen LogP contribution is 2.49. The fourth-order valence-electron chi connectivity index (χ4n) is 7.36. The molecule has 2 unspecified atom stereocenters. The Hall–Kier alpha value is -1.82.